The molecule has 0 aliphatic carbocycles. The van der Waals surface area contributed by atoms with Crippen molar-refractivity contribution in [1.29, 1.82) is 5.26 Å². The zero-order valence-corrected chi connectivity index (χ0v) is 26.6. The Balaban J connectivity index is 1.57. The lowest BCUT2D eigenvalue weighted by molar-refractivity contribution is 0.0636. The number of amides is 1. The number of nitrogens with zero attached hydrogens (tertiary/aromatic N) is 6. The van der Waals surface area contributed by atoms with E-state index in [1.807, 2.05) is 27.2 Å². The summed E-state index contributed by atoms with van der Waals surface area (Å²) < 4.78 is 43.2. The molecule has 4 aromatic rings. The summed E-state index contributed by atoms with van der Waals surface area (Å²) in [6, 6.07) is 1.86. The van der Waals surface area contributed by atoms with Crippen molar-refractivity contribution in [3.05, 3.63) is 45.5 Å². The summed E-state index contributed by atoms with van der Waals surface area (Å²) in [5, 5.41) is 13.3. The number of halogens is 3. The number of ether oxygens (including phenoxy) is 2. The van der Waals surface area contributed by atoms with E-state index in [4.69, 9.17) is 26.1 Å². The topological polar surface area (TPSA) is 117 Å². The van der Waals surface area contributed by atoms with E-state index < -0.39 is 23.3 Å². The predicted molar refractivity (Wildman–Crippen MR) is 163 cm³/mol. The number of likely N-dealkylation sites (tertiary alicyclic amines) is 1. The average molecular weight is 642 g/mol. The van der Waals surface area contributed by atoms with Gasteiger partial charge < -0.3 is 9.47 Å². The maximum atomic E-state index is 16.9. The molecule has 1 N–H and O–H groups in total. The molecule has 1 amide bonds. The van der Waals surface area contributed by atoms with Crippen molar-refractivity contribution < 1.29 is 23.0 Å². The second-order valence-corrected chi connectivity index (χ2v) is 13.5. The highest BCUT2D eigenvalue weighted by Crippen LogP contribution is 2.47. The van der Waals surface area contributed by atoms with Crippen LogP contribution in [0.5, 0.6) is 0 Å². The largest absolute Gasteiger partial charge is 0.444 e. The quantitative estimate of drug-likeness (QED) is 0.242. The molecule has 2 aliphatic rings. The van der Waals surface area contributed by atoms with Gasteiger partial charge in [-0.1, -0.05) is 11.6 Å². The van der Waals surface area contributed by atoms with Crippen LogP contribution in [-0.4, -0.2) is 63.8 Å². The molecule has 2 atom stereocenters. The van der Waals surface area contributed by atoms with E-state index in [1.165, 1.54) is 0 Å². The average Bonchev–Trinajstić information content (AvgIpc) is 3.65. The van der Waals surface area contributed by atoms with Crippen molar-refractivity contribution in [1.82, 2.24) is 24.8 Å². The fraction of sp³-hybridized carbons (Fsp3) is 0.433. The van der Waals surface area contributed by atoms with Crippen LogP contribution in [0.2, 0.25) is 5.15 Å². The monoisotopic (exact) mass is 641 g/mol. The SMILES string of the molecule is CN(C)[C@H]1CCC(c2nc(Cl)c3c4c(c(-c5ncc(F)c6sc(NC(=O)OC(C)(C)C)c(C#N)c56)c(F)c3n2)COC4)N1C. The van der Waals surface area contributed by atoms with Crippen molar-refractivity contribution in [2.75, 3.05) is 26.5 Å². The molecule has 230 valence electrons. The summed E-state index contributed by atoms with van der Waals surface area (Å²) in [4.78, 5) is 30.4. The van der Waals surface area contributed by atoms with Gasteiger partial charge in [0.15, 0.2) is 11.6 Å². The highest BCUT2D eigenvalue weighted by molar-refractivity contribution is 7.23. The van der Waals surface area contributed by atoms with Crippen LogP contribution in [0.25, 0.3) is 32.2 Å². The predicted octanol–water partition coefficient (Wildman–Crippen LogP) is 6.74. The lowest BCUT2D eigenvalue weighted by atomic mass is 9.93. The number of fused-ring (bicyclic) bond motifs is 4. The zero-order chi connectivity index (χ0) is 31.7. The highest BCUT2D eigenvalue weighted by atomic mass is 35.5. The molecule has 6 rings (SSSR count). The van der Waals surface area contributed by atoms with Crippen LogP contribution in [0.4, 0.5) is 18.6 Å². The number of rotatable bonds is 4. The lowest BCUT2D eigenvalue weighted by Crippen LogP contribution is -2.39. The normalized spacial score (nSPS) is 18.8. The van der Waals surface area contributed by atoms with Crippen LogP contribution in [0.3, 0.4) is 0 Å². The molecule has 1 saturated heterocycles. The first kappa shape index (κ1) is 30.5. The second-order valence-electron chi connectivity index (χ2n) is 12.1. The summed E-state index contributed by atoms with van der Waals surface area (Å²) in [5.41, 5.74) is 0.294. The van der Waals surface area contributed by atoms with E-state index in [9.17, 15) is 10.1 Å². The summed E-state index contributed by atoms with van der Waals surface area (Å²) in [5.74, 6) is -1.05. The van der Waals surface area contributed by atoms with Gasteiger partial charge in [-0.3, -0.25) is 20.1 Å². The maximum absolute atomic E-state index is 16.9. The van der Waals surface area contributed by atoms with Gasteiger partial charge in [0.25, 0.3) is 0 Å². The first-order chi connectivity index (χ1) is 20.8. The third-order valence-electron chi connectivity index (χ3n) is 7.96. The van der Waals surface area contributed by atoms with Crippen LogP contribution in [0.15, 0.2) is 6.20 Å². The molecule has 2 aliphatic heterocycles. The lowest BCUT2D eigenvalue weighted by Gasteiger charge is -2.29. The minimum absolute atomic E-state index is 0.000990. The van der Waals surface area contributed by atoms with Crippen molar-refractivity contribution >= 4 is 55.0 Å². The third kappa shape index (κ3) is 5.04. The molecule has 0 saturated carbocycles. The molecule has 3 aromatic heterocycles. The Labute approximate surface area is 261 Å². The molecule has 0 bridgehead atoms. The first-order valence-corrected chi connectivity index (χ1v) is 15.2. The Kier molecular flexibility index (Phi) is 7.70. The molecule has 10 nitrogen and oxygen atoms in total. The molecule has 5 heterocycles. The van der Waals surface area contributed by atoms with E-state index in [1.54, 1.807) is 20.8 Å². The van der Waals surface area contributed by atoms with Gasteiger partial charge in [-0.05, 0) is 65.9 Å². The third-order valence-corrected chi connectivity index (χ3v) is 9.34. The molecular formula is C30H30ClF2N7O3S. The van der Waals surface area contributed by atoms with E-state index in [2.05, 4.69) is 25.1 Å². The number of pyridine rings is 1. The fourth-order valence-corrected chi connectivity index (χ4v) is 7.43. The van der Waals surface area contributed by atoms with Gasteiger partial charge in [0.1, 0.15) is 33.2 Å². The molecule has 1 aromatic carbocycles. The molecule has 0 spiro atoms. The minimum atomic E-state index is -0.811. The Bertz CT molecular complexity index is 1890. The molecule has 14 heteroatoms. The number of benzene rings is 1. The molecule has 0 radical (unpaired) electrons. The maximum Gasteiger partial charge on any atom is 0.412 e. The van der Waals surface area contributed by atoms with E-state index in [-0.39, 0.29) is 68.0 Å². The number of hydrogen-bond donors (Lipinski definition) is 1. The summed E-state index contributed by atoms with van der Waals surface area (Å²) in [7, 11) is 5.97. The molecule has 1 fully saturated rings. The fourth-order valence-electron chi connectivity index (χ4n) is 6.10. The number of nitriles is 1. The van der Waals surface area contributed by atoms with Gasteiger partial charge >= 0.3 is 6.09 Å². The van der Waals surface area contributed by atoms with Gasteiger partial charge in [-0.2, -0.15) is 5.26 Å². The molecule has 44 heavy (non-hydrogen) atoms. The number of carbonyl (C=O) groups is 1. The number of hydrogen-bond acceptors (Lipinski definition) is 10. The minimum Gasteiger partial charge on any atom is -0.444 e. The summed E-state index contributed by atoms with van der Waals surface area (Å²) >= 11 is 7.59. The second kappa shape index (κ2) is 11.1. The summed E-state index contributed by atoms with van der Waals surface area (Å²) in [6.45, 7) is 5.27. The van der Waals surface area contributed by atoms with Gasteiger partial charge in [0.2, 0.25) is 0 Å². The van der Waals surface area contributed by atoms with Gasteiger partial charge in [-0.15, -0.1) is 11.3 Å². The van der Waals surface area contributed by atoms with Gasteiger partial charge in [0.05, 0.1) is 47.6 Å². The van der Waals surface area contributed by atoms with Crippen LogP contribution < -0.4 is 5.32 Å². The zero-order valence-electron chi connectivity index (χ0n) is 25.0. The Morgan fingerprint density at radius 1 is 1.23 bits per heavy atom. The van der Waals surface area contributed by atoms with E-state index in [0.29, 0.717) is 22.3 Å². The van der Waals surface area contributed by atoms with Crippen molar-refractivity contribution in [2.45, 2.75) is 64.6 Å². The van der Waals surface area contributed by atoms with Gasteiger partial charge in [-0.25, -0.2) is 23.5 Å². The highest BCUT2D eigenvalue weighted by Gasteiger charge is 2.37. The Morgan fingerprint density at radius 3 is 2.61 bits per heavy atom. The number of nitrogens with one attached hydrogen (secondary N) is 1. The molecular weight excluding hydrogens is 612 g/mol. The van der Waals surface area contributed by atoms with Crippen LogP contribution in [-0.2, 0) is 22.7 Å². The smallest absolute Gasteiger partial charge is 0.412 e. The number of aromatic nitrogens is 3. The van der Waals surface area contributed by atoms with Crippen LogP contribution in [0.1, 0.15) is 62.2 Å². The van der Waals surface area contributed by atoms with Crippen LogP contribution >= 0.6 is 22.9 Å². The number of carbonyl (C=O) groups excluding carboxylic acids is 1. The van der Waals surface area contributed by atoms with Crippen molar-refractivity contribution in [3.63, 3.8) is 0 Å². The van der Waals surface area contributed by atoms with Crippen molar-refractivity contribution in [2.24, 2.45) is 0 Å². The Morgan fingerprint density at radius 2 is 1.95 bits per heavy atom. The summed E-state index contributed by atoms with van der Waals surface area (Å²) in [6.07, 6.45) is 1.97. The van der Waals surface area contributed by atoms with Crippen molar-refractivity contribution in [3.8, 4) is 17.3 Å². The van der Waals surface area contributed by atoms with E-state index in [0.717, 1.165) is 30.4 Å². The standard InChI is InChI=1S/C30H30ClF2N7O3S/c1-30(2,3)43-29(41)38-28-13(9-34)20-23(35-10-16(32)25(20)44-28)19-14-11-42-12-15(14)21-24(22(19)33)36-27(37-26(21)31)17-7-8-18(39(4)5)40(17)6/h10,17-18H,7-8,11-12H2,1-6H3,(H,38,41)/t17?,18-/m1/s1. The number of thiophene rings is 1. The number of anilines is 1. The van der Waals surface area contributed by atoms with E-state index >= 15 is 8.78 Å². The van der Waals surface area contributed by atoms with Crippen LogP contribution in [0, 0.1) is 23.0 Å². The Hall–Kier alpha value is -3.54. The first-order valence-electron chi connectivity index (χ1n) is 14.0. The molecule has 1 unspecified atom stereocenters. The van der Waals surface area contributed by atoms with Gasteiger partial charge in [0, 0.05) is 16.3 Å².